The fourth-order valence-electron chi connectivity index (χ4n) is 14.9. The number of anilines is 3. The van der Waals surface area contributed by atoms with Crippen LogP contribution in [0.25, 0.3) is 88.0 Å². The molecule has 1 aromatic heterocycles. The molecule has 1 spiro atoms. The molecule has 1 unspecified atom stereocenters. The predicted octanol–water partition coefficient (Wildman–Crippen LogP) is 15.8. The molecule has 12 aromatic rings. The minimum absolute atomic E-state index is 0.0527. The molecular weight excluding hydrogens is 880 g/mol. The Morgan fingerprint density at radius 2 is 1.12 bits per heavy atom. The number of para-hydroxylation sites is 2. The standard InChI is InChI=1S/C70H45BN2/c1-42-38-61-67-62(39-42)73-60-40-46(43-20-5-2-6-21-43)36-37-51(60)66-65-52(63(44-22-7-3-8-23-44)49-28-11-12-29-50(49)64(65)45-24-9-4-10-25-45)41-58(69(66)73)71(67)57-34-19-33-56-68(57)72(61)59-35-18-17-32-55(59)70(56)53-30-15-13-26-47(53)48-27-14-16-31-54(48)70/h2-15,17-30,32-41H,16,31H2,1H3. The second-order valence-electron chi connectivity index (χ2n) is 20.9. The van der Waals surface area contributed by atoms with E-state index in [1.165, 1.54) is 155 Å². The Balaban J connectivity index is 1.09. The Labute approximate surface area is 424 Å². The van der Waals surface area contributed by atoms with Crippen LogP contribution in [0.1, 0.15) is 40.7 Å². The number of rotatable bonds is 3. The van der Waals surface area contributed by atoms with Gasteiger partial charge in [-0.3, -0.25) is 0 Å². The zero-order chi connectivity index (χ0) is 47.7. The van der Waals surface area contributed by atoms with Gasteiger partial charge in [0.2, 0.25) is 0 Å². The largest absolute Gasteiger partial charge is 0.311 e. The van der Waals surface area contributed by atoms with Gasteiger partial charge >= 0.3 is 0 Å². The highest BCUT2D eigenvalue weighted by Crippen LogP contribution is 2.64. The molecule has 2 nitrogen and oxygen atoms in total. The molecule has 3 aliphatic heterocycles. The summed E-state index contributed by atoms with van der Waals surface area (Å²) in [7, 11) is 0. The molecule has 3 heteroatoms. The normalized spacial score (nSPS) is 16.3. The second-order valence-corrected chi connectivity index (χ2v) is 20.9. The Morgan fingerprint density at radius 3 is 1.92 bits per heavy atom. The SMILES string of the molecule is Cc1cc2c3c(c1)-n1c4cc(-c5ccccc5)ccc4c4c5c(-c6ccccc6)c6ccccc6c(-c6ccccc6)c5cc(c41)B3c1cccc3c1N2c1ccccc1C31C2=C(C=CCC2)c2ccccc21. The molecule has 4 heterocycles. The van der Waals surface area contributed by atoms with Crippen molar-refractivity contribution in [2.75, 3.05) is 4.90 Å². The van der Waals surface area contributed by atoms with Gasteiger partial charge in [0.25, 0.3) is 6.71 Å². The summed E-state index contributed by atoms with van der Waals surface area (Å²) < 4.78 is 2.69. The van der Waals surface area contributed by atoms with Crippen molar-refractivity contribution < 1.29 is 0 Å². The van der Waals surface area contributed by atoms with Gasteiger partial charge in [0.15, 0.2) is 0 Å². The van der Waals surface area contributed by atoms with Crippen LogP contribution >= 0.6 is 0 Å². The molecule has 73 heavy (non-hydrogen) atoms. The highest BCUT2D eigenvalue weighted by molar-refractivity contribution is 7.00. The number of hydrogen-bond donors (Lipinski definition) is 0. The molecule has 0 saturated heterocycles. The molecule has 0 fully saturated rings. The molecule has 5 aliphatic rings. The zero-order valence-electron chi connectivity index (χ0n) is 40.3. The van der Waals surface area contributed by atoms with E-state index in [1.807, 2.05) is 0 Å². The van der Waals surface area contributed by atoms with Crippen LogP contribution in [0.5, 0.6) is 0 Å². The number of fused-ring (bicyclic) bond motifs is 18. The first-order valence-electron chi connectivity index (χ1n) is 26.0. The topological polar surface area (TPSA) is 8.17 Å². The molecule has 0 N–H and O–H groups in total. The van der Waals surface area contributed by atoms with Crippen LogP contribution in [-0.4, -0.2) is 11.3 Å². The molecule has 2 aliphatic carbocycles. The van der Waals surface area contributed by atoms with E-state index in [-0.39, 0.29) is 6.71 Å². The van der Waals surface area contributed by atoms with Crippen molar-refractivity contribution in [3.63, 3.8) is 0 Å². The minimum Gasteiger partial charge on any atom is -0.311 e. The monoisotopic (exact) mass is 924 g/mol. The van der Waals surface area contributed by atoms with Crippen LogP contribution < -0.4 is 21.3 Å². The van der Waals surface area contributed by atoms with Crippen LogP contribution in [0.4, 0.5) is 17.1 Å². The lowest BCUT2D eigenvalue weighted by Crippen LogP contribution is -2.61. The van der Waals surface area contributed by atoms with Gasteiger partial charge in [0, 0.05) is 33.2 Å². The molecule has 17 rings (SSSR count). The van der Waals surface area contributed by atoms with Crippen molar-refractivity contribution in [2.45, 2.75) is 25.2 Å². The average Bonchev–Trinajstić information content (AvgIpc) is 3.97. The van der Waals surface area contributed by atoms with Crippen LogP contribution in [0.2, 0.25) is 0 Å². The van der Waals surface area contributed by atoms with E-state index in [0.717, 1.165) is 12.8 Å². The quantitative estimate of drug-likeness (QED) is 0.127. The number of aromatic nitrogens is 1. The molecule has 0 radical (unpaired) electrons. The number of nitrogens with zero attached hydrogens (tertiary/aromatic N) is 2. The summed E-state index contributed by atoms with van der Waals surface area (Å²) in [6.45, 7) is 2.26. The van der Waals surface area contributed by atoms with E-state index < -0.39 is 5.41 Å². The lowest BCUT2D eigenvalue weighted by atomic mass is 9.33. The first-order valence-corrected chi connectivity index (χ1v) is 26.0. The molecule has 0 saturated carbocycles. The first-order chi connectivity index (χ1) is 36.2. The second kappa shape index (κ2) is 14.4. The zero-order valence-corrected chi connectivity index (χ0v) is 40.3. The minimum atomic E-state index is -0.431. The first kappa shape index (κ1) is 39.8. The summed E-state index contributed by atoms with van der Waals surface area (Å²) in [6, 6.07) is 83.5. The van der Waals surface area contributed by atoms with Gasteiger partial charge in [-0.15, -0.1) is 0 Å². The van der Waals surface area contributed by atoms with E-state index in [4.69, 9.17) is 0 Å². The van der Waals surface area contributed by atoms with E-state index in [2.05, 4.69) is 247 Å². The van der Waals surface area contributed by atoms with Gasteiger partial charge < -0.3 is 9.47 Å². The fourth-order valence-corrected chi connectivity index (χ4v) is 14.9. The summed E-state index contributed by atoms with van der Waals surface area (Å²) in [4.78, 5) is 2.69. The maximum absolute atomic E-state index is 2.69. The van der Waals surface area contributed by atoms with Crippen molar-refractivity contribution in [3.8, 4) is 39.1 Å². The summed E-state index contributed by atoms with van der Waals surface area (Å²) in [5, 5.41) is 7.73. The fraction of sp³-hybridized carbons (Fsp3) is 0.0571. The third-order valence-corrected chi connectivity index (χ3v) is 17.4. The maximum Gasteiger partial charge on any atom is 0.252 e. The Morgan fingerprint density at radius 1 is 0.466 bits per heavy atom. The van der Waals surface area contributed by atoms with E-state index in [0.29, 0.717) is 0 Å². The molecule has 338 valence electrons. The molecule has 1 atom stereocenters. The number of aryl methyl sites for hydroxylation is 1. The maximum atomic E-state index is 2.69. The molecule has 0 bridgehead atoms. The lowest BCUT2D eigenvalue weighted by Gasteiger charge is -2.50. The summed E-state index contributed by atoms with van der Waals surface area (Å²) in [5.41, 5.74) is 28.5. The third-order valence-electron chi connectivity index (χ3n) is 17.4. The van der Waals surface area contributed by atoms with Crippen LogP contribution in [-0.2, 0) is 5.41 Å². The summed E-state index contributed by atoms with van der Waals surface area (Å²) in [5.74, 6) is 0. The van der Waals surface area contributed by atoms with Crippen molar-refractivity contribution in [1.29, 1.82) is 0 Å². The van der Waals surface area contributed by atoms with Crippen molar-refractivity contribution in [1.82, 2.24) is 4.57 Å². The van der Waals surface area contributed by atoms with E-state index in [9.17, 15) is 0 Å². The van der Waals surface area contributed by atoms with Crippen molar-refractivity contribution in [3.05, 3.63) is 264 Å². The molecule has 11 aromatic carbocycles. The van der Waals surface area contributed by atoms with Gasteiger partial charge in [-0.05, 0) is 149 Å². The van der Waals surface area contributed by atoms with Crippen LogP contribution in [0.3, 0.4) is 0 Å². The highest BCUT2D eigenvalue weighted by atomic mass is 15.2. The van der Waals surface area contributed by atoms with Gasteiger partial charge in [0.1, 0.15) is 0 Å². The predicted molar refractivity (Wildman–Crippen MR) is 308 cm³/mol. The van der Waals surface area contributed by atoms with E-state index in [1.54, 1.807) is 0 Å². The van der Waals surface area contributed by atoms with Crippen LogP contribution in [0.15, 0.2) is 236 Å². The van der Waals surface area contributed by atoms with Gasteiger partial charge in [-0.1, -0.05) is 206 Å². The summed E-state index contributed by atoms with van der Waals surface area (Å²) in [6.07, 6.45) is 6.88. The van der Waals surface area contributed by atoms with Gasteiger partial charge in [0.05, 0.1) is 22.1 Å². The number of hydrogen-bond acceptors (Lipinski definition) is 1. The highest BCUT2D eigenvalue weighted by Gasteiger charge is 2.55. The van der Waals surface area contributed by atoms with Gasteiger partial charge in [-0.2, -0.15) is 0 Å². The number of benzene rings is 11. The Bertz CT molecular complexity index is 4500. The van der Waals surface area contributed by atoms with Crippen LogP contribution in [0, 0.1) is 6.92 Å². The average molecular weight is 925 g/mol. The molecular formula is C70H45BN2. The van der Waals surface area contributed by atoms with Crippen molar-refractivity contribution in [2.24, 2.45) is 0 Å². The smallest absolute Gasteiger partial charge is 0.252 e. The third kappa shape index (κ3) is 4.95. The molecule has 0 amide bonds. The van der Waals surface area contributed by atoms with Gasteiger partial charge in [-0.25, -0.2) is 0 Å². The van der Waals surface area contributed by atoms with E-state index >= 15 is 0 Å². The Hall–Kier alpha value is -8.92. The number of allylic oxidation sites excluding steroid dienone is 4. The summed E-state index contributed by atoms with van der Waals surface area (Å²) >= 11 is 0. The van der Waals surface area contributed by atoms with Crippen molar-refractivity contribution >= 4 is 89.1 Å². The Kier molecular flexibility index (Phi) is 7.83. The lowest BCUT2D eigenvalue weighted by molar-refractivity contribution is 0.687.